The third kappa shape index (κ3) is 3.73. The Kier molecular flexibility index (Phi) is 4.82. The number of nitrogens with zero attached hydrogens (tertiary/aromatic N) is 6. The molecule has 1 aromatic carbocycles. The van der Waals surface area contributed by atoms with Gasteiger partial charge in [0.1, 0.15) is 17.1 Å². The summed E-state index contributed by atoms with van der Waals surface area (Å²) >= 11 is 0. The average Bonchev–Trinajstić information content (AvgIpc) is 3.17. The SMILES string of the molecule is COc1nc(NC2CCCN(c3nc4cc([N+](=O)[O-])ccc4o3)C2)ncc1C#N. The van der Waals surface area contributed by atoms with Crippen LogP contribution in [0.25, 0.3) is 11.1 Å². The van der Waals surface area contributed by atoms with Gasteiger partial charge in [0.15, 0.2) is 5.58 Å². The normalized spacial score (nSPS) is 16.4. The molecule has 11 nitrogen and oxygen atoms in total. The molecule has 0 aliphatic carbocycles. The Hall–Kier alpha value is -3.94. The molecule has 148 valence electrons. The summed E-state index contributed by atoms with van der Waals surface area (Å²) in [7, 11) is 1.45. The largest absolute Gasteiger partial charge is 0.480 e. The lowest BCUT2D eigenvalue weighted by Gasteiger charge is -2.32. The molecule has 1 aliphatic heterocycles. The summed E-state index contributed by atoms with van der Waals surface area (Å²) in [6, 6.07) is 6.79. The first kappa shape index (κ1) is 18.4. The summed E-state index contributed by atoms with van der Waals surface area (Å²) < 4.78 is 10.9. The van der Waals surface area contributed by atoms with Crippen molar-refractivity contribution in [3.05, 3.63) is 40.1 Å². The minimum atomic E-state index is -0.458. The molecular formula is C18H17N7O4. The van der Waals surface area contributed by atoms with Crippen molar-refractivity contribution in [2.24, 2.45) is 0 Å². The van der Waals surface area contributed by atoms with Gasteiger partial charge < -0.3 is 19.4 Å². The number of anilines is 2. The average molecular weight is 395 g/mol. The molecule has 1 atom stereocenters. The molecule has 1 unspecified atom stereocenters. The van der Waals surface area contributed by atoms with Gasteiger partial charge in [0.25, 0.3) is 11.7 Å². The summed E-state index contributed by atoms with van der Waals surface area (Å²) in [4.78, 5) is 25.3. The second kappa shape index (κ2) is 7.59. The number of nitro groups is 1. The summed E-state index contributed by atoms with van der Waals surface area (Å²) in [5.74, 6) is 0.596. The van der Waals surface area contributed by atoms with E-state index in [-0.39, 0.29) is 23.2 Å². The molecule has 4 rings (SSSR count). The molecule has 0 spiro atoms. The van der Waals surface area contributed by atoms with Crippen molar-refractivity contribution in [3.8, 4) is 11.9 Å². The smallest absolute Gasteiger partial charge is 0.298 e. The highest BCUT2D eigenvalue weighted by Gasteiger charge is 2.25. The first-order valence-electron chi connectivity index (χ1n) is 8.95. The first-order valence-corrected chi connectivity index (χ1v) is 8.95. The van der Waals surface area contributed by atoms with E-state index in [9.17, 15) is 10.1 Å². The first-order chi connectivity index (χ1) is 14.1. The molecule has 1 N–H and O–H groups in total. The van der Waals surface area contributed by atoms with Crippen LogP contribution in [0.2, 0.25) is 0 Å². The molecule has 1 saturated heterocycles. The van der Waals surface area contributed by atoms with Gasteiger partial charge in [0, 0.05) is 31.3 Å². The lowest BCUT2D eigenvalue weighted by molar-refractivity contribution is -0.384. The second-order valence-corrected chi connectivity index (χ2v) is 6.56. The number of non-ortho nitro benzene ring substituents is 1. The number of benzene rings is 1. The second-order valence-electron chi connectivity index (χ2n) is 6.56. The van der Waals surface area contributed by atoms with Crippen molar-refractivity contribution in [2.75, 3.05) is 30.4 Å². The number of hydrogen-bond acceptors (Lipinski definition) is 10. The van der Waals surface area contributed by atoms with Crippen LogP contribution in [0.5, 0.6) is 5.88 Å². The number of aromatic nitrogens is 3. The van der Waals surface area contributed by atoms with Crippen LogP contribution in [-0.4, -0.2) is 46.1 Å². The molecule has 29 heavy (non-hydrogen) atoms. The zero-order valence-corrected chi connectivity index (χ0v) is 15.5. The van der Waals surface area contributed by atoms with E-state index in [1.165, 1.54) is 25.4 Å². The molecule has 0 bridgehead atoms. The molecule has 0 amide bonds. The highest BCUT2D eigenvalue weighted by atomic mass is 16.6. The summed E-state index contributed by atoms with van der Waals surface area (Å²) in [6.45, 7) is 1.35. The third-order valence-electron chi connectivity index (χ3n) is 4.66. The quantitative estimate of drug-likeness (QED) is 0.505. The Morgan fingerprint density at radius 3 is 3.07 bits per heavy atom. The monoisotopic (exact) mass is 395 g/mol. The van der Waals surface area contributed by atoms with E-state index in [4.69, 9.17) is 14.4 Å². The van der Waals surface area contributed by atoms with Crippen molar-refractivity contribution in [3.63, 3.8) is 0 Å². The van der Waals surface area contributed by atoms with Crippen molar-refractivity contribution in [1.29, 1.82) is 5.26 Å². The number of nitro benzene ring substituents is 1. The molecule has 3 heterocycles. The Labute approximate surface area is 165 Å². The number of oxazole rings is 1. The number of piperidine rings is 1. The van der Waals surface area contributed by atoms with Crippen LogP contribution in [0.15, 0.2) is 28.8 Å². The van der Waals surface area contributed by atoms with E-state index in [2.05, 4.69) is 20.3 Å². The highest BCUT2D eigenvalue weighted by Crippen LogP contribution is 2.28. The van der Waals surface area contributed by atoms with Gasteiger partial charge in [-0.1, -0.05) is 0 Å². The molecular weight excluding hydrogens is 378 g/mol. The molecule has 1 aliphatic rings. The van der Waals surface area contributed by atoms with Gasteiger partial charge in [-0.05, 0) is 18.9 Å². The van der Waals surface area contributed by atoms with Crippen molar-refractivity contribution in [2.45, 2.75) is 18.9 Å². The Balaban J connectivity index is 1.50. The van der Waals surface area contributed by atoms with Crippen LogP contribution in [0.3, 0.4) is 0 Å². The zero-order chi connectivity index (χ0) is 20.4. The van der Waals surface area contributed by atoms with Gasteiger partial charge in [-0.3, -0.25) is 10.1 Å². The number of nitriles is 1. The lowest BCUT2D eigenvalue weighted by atomic mass is 10.1. The van der Waals surface area contributed by atoms with Crippen molar-refractivity contribution >= 4 is 28.8 Å². The van der Waals surface area contributed by atoms with Crippen LogP contribution in [0.1, 0.15) is 18.4 Å². The standard InChI is InChI=1S/C18H17N7O4/c1-28-16-11(8-19)9-20-17(23-16)21-12-3-2-6-24(10-12)18-22-14-7-13(25(26)27)4-5-15(14)29-18/h4-5,7,9,12H,2-3,6,10H2,1H3,(H,20,21,23). The van der Waals surface area contributed by atoms with Crippen LogP contribution in [0.4, 0.5) is 17.7 Å². The van der Waals surface area contributed by atoms with E-state index >= 15 is 0 Å². The summed E-state index contributed by atoms with van der Waals surface area (Å²) in [6.07, 6.45) is 3.21. The predicted octanol–water partition coefficient (Wildman–Crippen LogP) is 2.49. The minimum absolute atomic E-state index is 0.0255. The molecule has 1 fully saturated rings. The number of rotatable bonds is 5. The minimum Gasteiger partial charge on any atom is -0.480 e. The lowest BCUT2D eigenvalue weighted by Crippen LogP contribution is -2.42. The van der Waals surface area contributed by atoms with E-state index in [0.717, 1.165) is 19.4 Å². The van der Waals surface area contributed by atoms with Crippen molar-refractivity contribution < 1.29 is 14.1 Å². The number of hydrogen-bond donors (Lipinski definition) is 1. The summed E-state index contributed by atoms with van der Waals surface area (Å²) in [5.41, 5.74) is 1.19. The fraction of sp³-hybridized carbons (Fsp3) is 0.333. The van der Waals surface area contributed by atoms with Crippen LogP contribution >= 0.6 is 0 Å². The third-order valence-corrected chi connectivity index (χ3v) is 4.66. The Bertz CT molecular complexity index is 1110. The Morgan fingerprint density at radius 2 is 2.31 bits per heavy atom. The van der Waals surface area contributed by atoms with Crippen LogP contribution in [-0.2, 0) is 0 Å². The highest BCUT2D eigenvalue weighted by molar-refractivity contribution is 5.77. The molecule has 11 heteroatoms. The topological polar surface area (TPSA) is 143 Å². The maximum Gasteiger partial charge on any atom is 0.298 e. The fourth-order valence-electron chi connectivity index (χ4n) is 3.27. The number of methoxy groups -OCH3 is 1. The number of nitrogens with one attached hydrogen (secondary N) is 1. The predicted molar refractivity (Wildman–Crippen MR) is 103 cm³/mol. The molecule has 3 aromatic rings. The van der Waals surface area contributed by atoms with Crippen molar-refractivity contribution in [1.82, 2.24) is 15.0 Å². The van der Waals surface area contributed by atoms with Gasteiger partial charge in [0.05, 0.1) is 18.2 Å². The van der Waals surface area contributed by atoms with Crippen LogP contribution in [0, 0.1) is 21.4 Å². The van der Waals surface area contributed by atoms with Crippen LogP contribution < -0.4 is 15.0 Å². The van der Waals surface area contributed by atoms with Gasteiger partial charge in [0.2, 0.25) is 11.8 Å². The van der Waals surface area contributed by atoms with E-state index in [0.29, 0.717) is 29.6 Å². The number of fused-ring (bicyclic) bond motifs is 1. The van der Waals surface area contributed by atoms with Gasteiger partial charge in [-0.15, -0.1) is 0 Å². The molecule has 2 aromatic heterocycles. The summed E-state index contributed by atoms with van der Waals surface area (Å²) in [5, 5.41) is 23.2. The van der Waals surface area contributed by atoms with E-state index in [1.54, 1.807) is 6.07 Å². The molecule has 0 radical (unpaired) electrons. The fourth-order valence-corrected chi connectivity index (χ4v) is 3.27. The maximum atomic E-state index is 10.9. The van der Waals surface area contributed by atoms with E-state index < -0.39 is 4.92 Å². The number of ether oxygens (including phenoxy) is 1. The zero-order valence-electron chi connectivity index (χ0n) is 15.5. The maximum absolute atomic E-state index is 10.9. The van der Waals surface area contributed by atoms with Gasteiger partial charge >= 0.3 is 0 Å². The van der Waals surface area contributed by atoms with Gasteiger partial charge in [-0.2, -0.15) is 15.2 Å². The van der Waals surface area contributed by atoms with Gasteiger partial charge in [-0.25, -0.2) is 4.98 Å². The Morgan fingerprint density at radius 1 is 1.45 bits per heavy atom. The molecule has 0 saturated carbocycles. The van der Waals surface area contributed by atoms with E-state index in [1.807, 2.05) is 11.0 Å².